The van der Waals surface area contributed by atoms with E-state index < -0.39 is 21.8 Å². The number of hydroxylamine groups is 2. The number of carbonyl (C=O) groups excluding carboxylic acids is 1. The van der Waals surface area contributed by atoms with E-state index in [9.17, 15) is 13.2 Å². The van der Waals surface area contributed by atoms with Gasteiger partial charge in [0.25, 0.3) is 5.91 Å². The van der Waals surface area contributed by atoms with E-state index in [1.165, 1.54) is 0 Å². The van der Waals surface area contributed by atoms with Crippen LogP contribution in [0.1, 0.15) is 20.8 Å². The highest BCUT2D eigenvalue weighted by atomic mass is 32.3. The van der Waals surface area contributed by atoms with Crippen molar-refractivity contribution in [3.05, 3.63) is 0 Å². The zero-order valence-corrected chi connectivity index (χ0v) is 8.33. The first-order valence-electron chi connectivity index (χ1n) is 3.67. The SMILES string of the molecule is CC1C(=O)N(OS(=O)(=O)O)C1(C)C. The maximum absolute atomic E-state index is 11.1. The number of carbonyl (C=O) groups is 1. The molecule has 0 bridgehead atoms. The summed E-state index contributed by atoms with van der Waals surface area (Å²) in [4.78, 5) is 11.1. The van der Waals surface area contributed by atoms with Crippen LogP contribution in [-0.4, -0.2) is 29.5 Å². The molecule has 0 spiro atoms. The summed E-state index contributed by atoms with van der Waals surface area (Å²) in [7, 11) is -4.61. The molecule has 1 fully saturated rings. The number of β-lactam (4-membered cyclic amide) rings is 1. The number of amides is 1. The van der Waals surface area contributed by atoms with Gasteiger partial charge in [0.05, 0.1) is 11.5 Å². The third kappa shape index (κ3) is 1.67. The topological polar surface area (TPSA) is 83.9 Å². The Hall–Kier alpha value is -0.660. The van der Waals surface area contributed by atoms with Gasteiger partial charge in [0, 0.05) is 0 Å². The van der Waals surface area contributed by atoms with E-state index in [-0.39, 0.29) is 5.92 Å². The molecule has 1 amide bonds. The van der Waals surface area contributed by atoms with Crippen LogP contribution in [0.4, 0.5) is 0 Å². The van der Waals surface area contributed by atoms with E-state index in [0.717, 1.165) is 0 Å². The third-order valence-corrected chi connectivity index (χ3v) is 2.66. The van der Waals surface area contributed by atoms with E-state index in [1.807, 2.05) is 0 Å². The molecule has 13 heavy (non-hydrogen) atoms. The van der Waals surface area contributed by atoms with Gasteiger partial charge in [0.2, 0.25) is 0 Å². The van der Waals surface area contributed by atoms with Gasteiger partial charge in [0.1, 0.15) is 0 Å². The molecule has 0 aromatic carbocycles. The molecule has 0 radical (unpaired) electrons. The van der Waals surface area contributed by atoms with Crippen LogP contribution in [0.15, 0.2) is 0 Å². The Kier molecular flexibility index (Phi) is 2.13. The highest BCUT2D eigenvalue weighted by molar-refractivity contribution is 7.80. The average molecular weight is 209 g/mol. The van der Waals surface area contributed by atoms with Crippen LogP contribution in [0.5, 0.6) is 0 Å². The first-order valence-corrected chi connectivity index (χ1v) is 5.04. The summed E-state index contributed by atoms with van der Waals surface area (Å²) >= 11 is 0. The van der Waals surface area contributed by atoms with Crippen molar-refractivity contribution in [2.75, 3.05) is 0 Å². The lowest BCUT2D eigenvalue weighted by Crippen LogP contribution is -2.66. The Balaban J connectivity index is 2.80. The quantitative estimate of drug-likeness (QED) is 0.510. The van der Waals surface area contributed by atoms with Gasteiger partial charge in [-0.05, 0) is 13.8 Å². The molecule has 1 rings (SSSR count). The summed E-state index contributed by atoms with van der Waals surface area (Å²) in [6, 6.07) is 0. The van der Waals surface area contributed by atoms with Gasteiger partial charge in [-0.1, -0.05) is 6.92 Å². The van der Waals surface area contributed by atoms with Crippen LogP contribution in [0.3, 0.4) is 0 Å². The predicted octanol–water partition coefficient (Wildman–Crippen LogP) is -0.0223. The molecule has 6 nitrogen and oxygen atoms in total. The molecule has 1 heterocycles. The molecule has 76 valence electrons. The molecule has 1 aliphatic rings. The smallest absolute Gasteiger partial charge is 0.272 e. The minimum absolute atomic E-state index is 0.311. The molecular weight excluding hydrogens is 198 g/mol. The van der Waals surface area contributed by atoms with Crippen molar-refractivity contribution in [1.82, 2.24) is 5.06 Å². The van der Waals surface area contributed by atoms with Crippen LogP contribution in [-0.2, 0) is 19.5 Å². The maximum atomic E-state index is 11.1. The fourth-order valence-electron chi connectivity index (χ4n) is 1.10. The van der Waals surface area contributed by atoms with Crippen molar-refractivity contribution >= 4 is 16.3 Å². The molecule has 0 aromatic heterocycles. The van der Waals surface area contributed by atoms with Gasteiger partial charge in [0.15, 0.2) is 0 Å². The molecule has 1 saturated heterocycles. The summed E-state index contributed by atoms with van der Waals surface area (Å²) in [5, 5.41) is 0.660. The van der Waals surface area contributed by atoms with Crippen LogP contribution < -0.4 is 0 Å². The molecule has 1 atom stereocenters. The van der Waals surface area contributed by atoms with E-state index in [2.05, 4.69) is 4.28 Å². The van der Waals surface area contributed by atoms with Crippen molar-refractivity contribution in [3.63, 3.8) is 0 Å². The van der Waals surface area contributed by atoms with Gasteiger partial charge in [-0.15, -0.1) is 4.28 Å². The Labute approximate surface area is 76.4 Å². The number of nitrogens with zero attached hydrogens (tertiary/aromatic N) is 1. The average Bonchev–Trinajstić information content (AvgIpc) is 1.96. The molecule has 7 heteroatoms. The second-order valence-electron chi connectivity index (χ2n) is 3.51. The van der Waals surface area contributed by atoms with Gasteiger partial charge >= 0.3 is 10.4 Å². The van der Waals surface area contributed by atoms with Crippen molar-refractivity contribution in [2.24, 2.45) is 5.92 Å². The minimum Gasteiger partial charge on any atom is -0.272 e. The fraction of sp³-hybridized carbons (Fsp3) is 0.833. The Morgan fingerprint density at radius 2 is 2.00 bits per heavy atom. The normalized spacial score (nSPS) is 27.2. The van der Waals surface area contributed by atoms with Crippen molar-refractivity contribution in [1.29, 1.82) is 0 Å². The number of hydrogen-bond acceptors (Lipinski definition) is 4. The summed E-state index contributed by atoms with van der Waals surface area (Å²) in [5.74, 6) is -0.767. The monoisotopic (exact) mass is 209 g/mol. The van der Waals surface area contributed by atoms with Crippen molar-refractivity contribution in [2.45, 2.75) is 26.3 Å². The Morgan fingerprint density at radius 3 is 2.31 bits per heavy atom. The van der Waals surface area contributed by atoms with Gasteiger partial charge in [-0.25, -0.2) is 0 Å². The molecule has 1 aliphatic heterocycles. The highest BCUT2D eigenvalue weighted by Crippen LogP contribution is 2.37. The van der Waals surface area contributed by atoms with Crippen molar-refractivity contribution in [3.8, 4) is 0 Å². The predicted molar refractivity (Wildman–Crippen MR) is 42.7 cm³/mol. The Bertz CT molecular complexity index is 333. The molecule has 1 N–H and O–H groups in total. The largest absolute Gasteiger partial charge is 0.418 e. The lowest BCUT2D eigenvalue weighted by atomic mass is 9.80. The highest BCUT2D eigenvalue weighted by Gasteiger charge is 2.54. The maximum Gasteiger partial charge on any atom is 0.418 e. The summed E-state index contributed by atoms with van der Waals surface area (Å²) in [6.07, 6.45) is 0. The lowest BCUT2D eigenvalue weighted by Gasteiger charge is -2.49. The van der Waals surface area contributed by atoms with Gasteiger partial charge < -0.3 is 0 Å². The van der Waals surface area contributed by atoms with E-state index >= 15 is 0 Å². The fourth-order valence-corrected chi connectivity index (χ4v) is 1.55. The van der Waals surface area contributed by atoms with Gasteiger partial charge in [-0.2, -0.15) is 13.5 Å². The summed E-state index contributed by atoms with van der Waals surface area (Å²) < 4.78 is 33.1. The number of hydrogen-bond donors (Lipinski definition) is 1. The lowest BCUT2D eigenvalue weighted by molar-refractivity contribution is -0.225. The van der Waals surface area contributed by atoms with Crippen LogP contribution in [0.2, 0.25) is 0 Å². The van der Waals surface area contributed by atoms with Gasteiger partial charge in [-0.3, -0.25) is 9.35 Å². The second kappa shape index (κ2) is 2.66. The third-order valence-electron chi connectivity index (χ3n) is 2.32. The van der Waals surface area contributed by atoms with Crippen LogP contribution >= 0.6 is 0 Å². The van der Waals surface area contributed by atoms with E-state index in [4.69, 9.17) is 4.55 Å². The van der Waals surface area contributed by atoms with Crippen molar-refractivity contribution < 1.29 is 22.0 Å². The first kappa shape index (κ1) is 10.4. The molecule has 0 aliphatic carbocycles. The van der Waals surface area contributed by atoms with E-state index in [0.29, 0.717) is 5.06 Å². The standard InChI is InChI=1S/C6H11NO5S/c1-4-5(8)7(6(4,2)3)12-13(9,10)11/h4H,1-3H3,(H,9,10,11). The summed E-state index contributed by atoms with van der Waals surface area (Å²) in [5.41, 5.74) is -0.702. The molecule has 0 saturated carbocycles. The molecular formula is C6H11NO5S. The van der Waals surface area contributed by atoms with Crippen LogP contribution in [0.25, 0.3) is 0 Å². The molecule has 0 aromatic rings. The minimum atomic E-state index is -4.61. The Morgan fingerprint density at radius 1 is 1.54 bits per heavy atom. The zero-order valence-electron chi connectivity index (χ0n) is 7.51. The van der Waals surface area contributed by atoms with E-state index in [1.54, 1.807) is 20.8 Å². The number of rotatable bonds is 2. The summed E-state index contributed by atoms with van der Waals surface area (Å²) in [6.45, 7) is 4.95. The zero-order chi connectivity index (χ0) is 10.4. The molecule has 1 unspecified atom stereocenters. The first-order chi connectivity index (χ1) is 5.66. The van der Waals surface area contributed by atoms with Crippen LogP contribution in [0, 0.1) is 5.92 Å². The second-order valence-corrected chi connectivity index (χ2v) is 4.51.